The van der Waals surface area contributed by atoms with E-state index in [9.17, 15) is 65.4 Å². The van der Waals surface area contributed by atoms with Crippen LogP contribution in [-0.2, 0) is 19.1 Å². The molecule has 5 rings (SSSR count). The van der Waals surface area contributed by atoms with Gasteiger partial charge in [0.1, 0.15) is 64.9 Å². The molecule has 1 aromatic heterocycles. The van der Waals surface area contributed by atoms with Crippen LogP contribution in [0.5, 0.6) is 23.0 Å². The summed E-state index contributed by atoms with van der Waals surface area (Å²) in [6.07, 6.45) is -20.4. The smallest absolute Gasteiger partial charge is 0.335 e. The van der Waals surface area contributed by atoms with E-state index in [0.717, 1.165) is 30.3 Å². The number of hydrogen-bond acceptors (Lipinski definition) is 16. The van der Waals surface area contributed by atoms with E-state index in [-0.39, 0.29) is 22.3 Å². The van der Waals surface area contributed by atoms with Crippen LogP contribution in [0, 0.1) is 0 Å². The number of benzene rings is 2. The summed E-state index contributed by atoms with van der Waals surface area (Å²) < 4.78 is 27.1. The van der Waals surface area contributed by atoms with Crippen LogP contribution in [0.3, 0.4) is 0 Å². The predicted molar refractivity (Wildman–Crippen MR) is 141 cm³/mol. The van der Waals surface area contributed by atoms with Gasteiger partial charge in [0.25, 0.3) is 0 Å². The molecule has 3 aromatic rings. The maximum absolute atomic E-state index is 12.8. The molecule has 45 heavy (non-hydrogen) atoms. The van der Waals surface area contributed by atoms with Gasteiger partial charge in [-0.05, 0) is 18.2 Å². The zero-order valence-corrected chi connectivity index (χ0v) is 22.5. The van der Waals surface area contributed by atoms with E-state index in [1.807, 2.05) is 0 Å². The Hall–Kier alpha value is -4.53. The van der Waals surface area contributed by atoms with Crippen molar-refractivity contribution >= 4 is 22.9 Å². The van der Waals surface area contributed by atoms with E-state index < -0.39 is 102 Å². The van der Waals surface area contributed by atoms with Crippen molar-refractivity contribution in [3.63, 3.8) is 0 Å². The van der Waals surface area contributed by atoms with Crippen LogP contribution in [0.4, 0.5) is 0 Å². The molecule has 10 N–H and O–H groups in total. The SMILES string of the molecule is O=C(O)[C@H]1O[C@@H](Oc2ccc(-c3cc(=O)c4c(O)cc(O)cc4o3)cc2O[C@@H]2O[C@H](C(=O)O)[C@H](O)[C@H](O)[C@H]2O)[C@H](O)[C@@H](O)[C@H]1O. The molecule has 2 saturated heterocycles. The molecule has 3 heterocycles. The Bertz CT molecular complexity index is 1670. The van der Waals surface area contributed by atoms with Gasteiger partial charge in [-0.15, -0.1) is 0 Å². The van der Waals surface area contributed by atoms with Gasteiger partial charge in [0.2, 0.25) is 12.6 Å². The maximum Gasteiger partial charge on any atom is 0.335 e. The van der Waals surface area contributed by atoms with E-state index in [4.69, 9.17) is 23.4 Å². The molecule has 18 nitrogen and oxygen atoms in total. The lowest BCUT2D eigenvalue weighted by molar-refractivity contribution is -0.276. The van der Waals surface area contributed by atoms with Crippen LogP contribution in [-0.4, -0.2) is 124 Å². The zero-order valence-electron chi connectivity index (χ0n) is 22.5. The van der Waals surface area contributed by atoms with Crippen molar-refractivity contribution in [2.75, 3.05) is 0 Å². The number of carboxylic acids is 2. The fraction of sp³-hybridized carbons (Fsp3) is 0.370. The van der Waals surface area contributed by atoms with Crippen molar-refractivity contribution in [3.05, 3.63) is 46.6 Å². The second-order valence-electron chi connectivity index (χ2n) is 10.2. The number of carboxylic acid groups (broad SMARTS) is 2. The minimum atomic E-state index is -2.08. The standard InChI is InChI=1S/C27H26O18/c28-8-4-9(29)15-10(30)6-12(41-14(15)5-8)7-1-2-11(42-26-20(35)16(31)18(33)22(44-26)24(37)38)13(3-7)43-27-21(36)17(32)19(34)23(45-27)25(39)40/h1-6,16-23,26-29,31-36H,(H,37,38)(H,39,40)/t16-,17-,18+,19+,20+,21+,22-,23-,26+,27+/m0/s1. The molecule has 2 aromatic carbocycles. The average Bonchev–Trinajstić information content (AvgIpc) is 2.97. The Labute approximate surface area is 249 Å². The van der Waals surface area contributed by atoms with Crippen molar-refractivity contribution < 1.29 is 84.0 Å². The first kappa shape index (κ1) is 31.9. The predicted octanol–water partition coefficient (Wildman–Crippen LogP) is -2.59. The van der Waals surface area contributed by atoms with Gasteiger partial charge in [0.15, 0.2) is 29.1 Å². The number of phenolic OH excluding ortho intramolecular Hbond substituents is 2. The fourth-order valence-electron chi connectivity index (χ4n) is 4.80. The number of fused-ring (bicyclic) bond motifs is 1. The van der Waals surface area contributed by atoms with E-state index in [0.29, 0.717) is 0 Å². The summed E-state index contributed by atoms with van der Waals surface area (Å²) in [4.78, 5) is 35.9. The van der Waals surface area contributed by atoms with E-state index in [1.54, 1.807) is 0 Å². The number of ether oxygens (including phenoxy) is 4. The first-order valence-corrected chi connectivity index (χ1v) is 13.0. The number of aromatic hydroxyl groups is 2. The third-order valence-corrected chi connectivity index (χ3v) is 7.14. The molecular formula is C27H26O18. The van der Waals surface area contributed by atoms with Crippen molar-refractivity contribution in [1.82, 2.24) is 0 Å². The summed E-state index contributed by atoms with van der Waals surface area (Å²) in [6.45, 7) is 0. The van der Waals surface area contributed by atoms with Crippen LogP contribution in [0.1, 0.15) is 0 Å². The first-order chi connectivity index (χ1) is 21.2. The first-order valence-electron chi connectivity index (χ1n) is 13.0. The minimum Gasteiger partial charge on any atom is -0.508 e. The molecule has 0 amide bonds. The van der Waals surface area contributed by atoms with Gasteiger partial charge >= 0.3 is 11.9 Å². The lowest BCUT2D eigenvalue weighted by Crippen LogP contribution is -2.61. The highest BCUT2D eigenvalue weighted by Crippen LogP contribution is 2.38. The van der Waals surface area contributed by atoms with Gasteiger partial charge in [0.05, 0.1) is 0 Å². The number of aliphatic hydroxyl groups excluding tert-OH is 6. The molecule has 0 aliphatic carbocycles. The second kappa shape index (κ2) is 12.1. The van der Waals surface area contributed by atoms with Crippen LogP contribution >= 0.6 is 0 Å². The van der Waals surface area contributed by atoms with Crippen LogP contribution in [0.2, 0.25) is 0 Å². The monoisotopic (exact) mass is 638 g/mol. The van der Waals surface area contributed by atoms with E-state index in [2.05, 4.69) is 0 Å². The van der Waals surface area contributed by atoms with Crippen LogP contribution in [0.25, 0.3) is 22.3 Å². The molecule has 0 unspecified atom stereocenters. The molecule has 0 spiro atoms. The number of aliphatic carboxylic acids is 2. The summed E-state index contributed by atoms with van der Waals surface area (Å²) in [5, 5.41) is 99.7. The largest absolute Gasteiger partial charge is 0.508 e. The summed E-state index contributed by atoms with van der Waals surface area (Å²) in [5.41, 5.74) is -0.940. The minimum absolute atomic E-state index is 0.0174. The van der Waals surface area contributed by atoms with Crippen molar-refractivity contribution in [2.24, 2.45) is 0 Å². The molecule has 0 saturated carbocycles. The maximum atomic E-state index is 12.8. The normalized spacial score (nSPS) is 31.8. The number of aliphatic hydroxyl groups is 6. The summed E-state index contributed by atoms with van der Waals surface area (Å²) in [7, 11) is 0. The second-order valence-corrected chi connectivity index (χ2v) is 10.2. The Morgan fingerprint density at radius 1 is 0.667 bits per heavy atom. The van der Waals surface area contributed by atoms with Gasteiger partial charge in [-0.25, -0.2) is 9.59 Å². The highest BCUT2D eigenvalue weighted by Gasteiger charge is 2.50. The van der Waals surface area contributed by atoms with E-state index in [1.165, 1.54) is 6.07 Å². The Balaban J connectivity index is 1.57. The molecule has 0 radical (unpaired) electrons. The number of hydrogen-bond donors (Lipinski definition) is 10. The molecule has 242 valence electrons. The topological polar surface area (TPSA) is 304 Å². The quantitative estimate of drug-likeness (QED) is 0.127. The number of phenols is 2. The number of carbonyl (C=O) groups is 2. The lowest BCUT2D eigenvalue weighted by Gasteiger charge is -2.39. The highest BCUT2D eigenvalue weighted by atomic mass is 16.7. The molecule has 2 aliphatic rings. The zero-order chi connectivity index (χ0) is 32.9. The van der Waals surface area contributed by atoms with Gasteiger partial charge in [-0.1, -0.05) is 0 Å². The Morgan fingerprint density at radius 2 is 1.20 bits per heavy atom. The lowest BCUT2D eigenvalue weighted by atomic mass is 9.99. The molecule has 2 fully saturated rings. The van der Waals surface area contributed by atoms with Crippen LogP contribution < -0.4 is 14.9 Å². The number of rotatable bonds is 7. The molecule has 0 bridgehead atoms. The molecule has 2 aliphatic heterocycles. The third kappa shape index (κ3) is 5.95. The Kier molecular flexibility index (Phi) is 8.58. The summed E-state index contributed by atoms with van der Waals surface area (Å²) in [5.74, 6) is -5.52. The fourth-order valence-corrected chi connectivity index (χ4v) is 4.80. The van der Waals surface area contributed by atoms with Gasteiger partial charge < -0.3 is 74.4 Å². The van der Waals surface area contributed by atoms with Crippen molar-refractivity contribution in [2.45, 2.75) is 61.4 Å². The van der Waals surface area contributed by atoms with E-state index >= 15 is 0 Å². The molecular weight excluding hydrogens is 612 g/mol. The van der Waals surface area contributed by atoms with Crippen molar-refractivity contribution in [1.29, 1.82) is 0 Å². The average molecular weight is 638 g/mol. The van der Waals surface area contributed by atoms with Gasteiger partial charge in [0, 0.05) is 23.8 Å². The molecule has 18 heteroatoms. The Morgan fingerprint density at radius 3 is 1.73 bits per heavy atom. The van der Waals surface area contributed by atoms with Crippen LogP contribution in [0.15, 0.2) is 45.6 Å². The third-order valence-electron chi connectivity index (χ3n) is 7.14. The molecule has 10 atom stereocenters. The van der Waals surface area contributed by atoms with Gasteiger partial charge in [-0.2, -0.15) is 0 Å². The summed E-state index contributed by atoms with van der Waals surface area (Å²) in [6, 6.07) is 6.39. The highest BCUT2D eigenvalue weighted by molar-refractivity contribution is 5.86. The van der Waals surface area contributed by atoms with Crippen molar-refractivity contribution in [3.8, 4) is 34.3 Å². The summed E-state index contributed by atoms with van der Waals surface area (Å²) >= 11 is 0. The van der Waals surface area contributed by atoms with Gasteiger partial charge in [-0.3, -0.25) is 4.79 Å².